The smallest absolute Gasteiger partial charge is 0.331 e. The van der Waals surface area contributed by atoms with E-state index in [1.54, 1.807) is 18.2 Å². The van der Waals surface area contributed by atoms with Gasteiger partial charge in [0.25, 0.3) is 0 Å². The number of carbonyl (C=O) groups excluding carboxylic acids is 1. The molecular formula is C24H30ClN3O5. The van der Waals surface area contributed by atoms with Gasteiger partial charge in [-0.1, -0.05) is 30.6 Å². The number of carboxylic acid groups (broad SMARTS) is 1. The molecule has 1 aromatic heterocycles. The van der Waals surface area contributed by atoms with Gasteiger partial charge in [-0.15, -0.1) is 0 Å². The molecule has 3 atom stereocenters. The summed E-state index contributed by atoms with van der Waals surface area (Å²) in [4.78, 5) is 23.7. The molecule has 1 amide bonds. The Morgan fingerprint density at radius 2 is 1.97 bits per heavy atom. The topological polar surface area (TPSA) is 114 Å². The number of halogens is 1. The predicted octanol–water partition coefficient (Wildman–Crippen LogP) is 3.95. The quantitative estimate of drug-likeness (QED) is 0.476. The van der Waals surface area contributed by atoms with Gasteiger partial charge in [0, 0.05) is 41.7 Å². The molecule has 178 valence electrons. The Labute approximate surface area is 198 Å². The maximum atomic E-state index is 11.9. The van der Waals surface area contributed by atoms with E-state index in [0.29, 0.717) is 23.0 Å². The van der Waals surface area contributed by atoms with Gasteiger partial charge < -0.3 is 25.0 Å². The molecule has 3 rings (SSSR count). The molecule has 0 fully saturated rings. The van der Waals surface area contributed by atoms with Crippen LogP contribution in [0.5, 0.6) is 0 Å². The Kier molecular flexibility index (Phi) is 8.66. The number of aromatic nitrogens is 1. The van der Waals surface area contributed by atoms with Gasteiger partial charge in [-0.25, -0.2) is 4.79 Å². The zero-order valence-corrected chi connectivity index (χ0v) is 19.8. The fraction of sp³-hybridized carbons (Fsp3) is 0.458. The Morgan fingerprint density at radius 3 is 2.58 bits per heavy atom. The third-order valence-electron chi connectivity index (χ3n) is 5.73. The number of benzene rings is 1. The molecule has 1 aliphatic rings. The summed E-state index contributed by atoms with van der Waals surface area (Å²) >= 11 is 5.94. The minimum Gasteiger partial charge on any atom is -0.478 e. The number of nitrogens with one attached hydrogen (secondary N) is 2. The molecule has 2 aromatic rings. The molecule has 0 bridgehead atoms. The van der Waals surface area contributed by atoms with E-state index in [4.69, 9.17) is 20.9 Å². The summed E-state index contributed by atoms with van der Waals surface area (Å²) in [5.74, 6) is -0.595. The number of aliphatic carboxylic acids is 1. The normalized spacial score (nSPS) is 20.5. The number of ether oxygens (including phenoxy) is 1. The van der Waals surface area contributed by atoms with Crippen molar-refractivity contribution in [3.05, 3.63) is 52.7 Å². The fourth-order valence-corrected chi connectivity index (χ4v) is 4.07. The predicted molar refractivity (Wildman–Crippen MR) is 125 cm³/mol. The Bertz CT molecular complexity index is 984. The highest BCUT2D eigenvalue weighted by Crippen LogP contribution is 2.26. The summed E-state index contributed by atoms with van der Waals surface area (Å²) < 4.78 is 11.6. The number of hydrogen-bond donors (Lipinski definition) is 3. The van der Waals surface area contributed by atoms with Gasteiger partial charge in [0.15, 0.2) is 5.76 Å². The second-order valence-corrected chi connectivity index (χ2v) is 8.58. The van der Waals surface area contributed by atoms with E-state index in [-0.39, 0.29) is 30.0 Å². The largest absolute Gasteiger partial charge is 0.478 e. The summed E-state index contributed by atoms with van der Waals surface area (Å²) in [5.41, 5.74) is 1.76. The number of nitrogens with zero attached hydrogens (tertiary/aromatic N) is 1. The van der Waals surface area contributed by atoms with Crippen molar-refractivity contribution in [3.8, 4) is 11.3 Å². The van der Waals surface area contributed by atoms with Crippen LogP contribution in [0.1, 0.15) is 45.7 Å². The number of hydrogen-bond acceptors (Lipinski definition) is 6. The Hall–Kier alpha value is -2.68. The average Bonchev–Trinajstić information content (AvgIpc) is 3.26. The third kappa shape index (κ3) is 6.66. The molecule has 0 radical (unpaired) electrons. The first-order chi connectivity index (χ1) is 15.8. The molecule has 33 heavy (non-hydrogen) atoms. The monoisotopic (exact) mass is 475 g/mol. The van der Waals surface area contributed by atoms with E-state index in [1.807, 2.05) is 32.0 Å². The highest BCUT2D eigenvalue weighted by atomic mass is 35.5. The van der Waals surface area contributed by atoms with Crippen LogP contribution in [-0.2, 0) is 20.9 Å². The Balaban J connectivity index is 1.77. The van der Waals surface area contributed by atoms with Gasteiger partial charge in [-0.05, 0) is 49.6 Å². The van der Waals surface area contributed by atoms with Crippen LogP contribution in [-0.4, -0.2) is 46.4 Å². The molecule has 0 unspecified atom stereocenters. The number of carboxylic acids is 1. The number of carbonyl (C=O) groups is 2. The SMILES string of the molecule is CCC(CC)O[C@@H]1C=C(C(=O)O)C[C@H](NCc2cc(-c3ccc(Cl)cc3)on2)[C@H]1NC(C)=O. The molecule has 3 N–H and O–H groups in total. The first kappa shape index (κ1) is 25.0. The van der Waals surface area contributed by atoms with Crippen molar-refractivity contribution in [1.82, 2.24) is 15.8 Å². The van der Waals surface area contributed by atoms with E-state index in [2.05, 4.69) is 15.8 Å². The molecule has 0 aliphatic heterocycles. The van der Waals surface area contributed by atoms with Gasteiger partial charge in [-0.3, -0.25) is 4.79 Å². The molecule has 1 heterocycles. The van der Waals surface area contributed by atoms with E-state index >= 15 is 0 Å². The van der Waals surface area contributed by atoms with Gasteiger partial charge in [0.05, 0.1) is 23.9 Å². The van der Waals surface area contributed by atoms with Crippen LogP contribution in [0.3, 0.4) is 0 Å². The highest BCUT2D eigenvalue weighted by molar-refractivity contribution is 6.30. The van der Waals surface area contributed by atoms with Crippen LogP contribution in [0.25, 0.3) is 11.3 Å². The van der Waals surface area contributed by atoms with Crippen LogP contribution in [0, 0.1) is 0 Å². The minimum absolute atomic E-state index is 0.0335. The lowest BCUT2D eigenvalue weighted by molar-refractivity contribution is -0.133. The van der Waals surface area contributed by atoms with Crippen molar-refractivity contribution in [3.63, 3.8) is 0 Å². The molecule has 0 saturated heterocycles. The molecule has 1 aliphatic carbocycles. The van der Waals surface area contributed by atoms with E-state index in [1.165, 1.54) is 6.92 Å². The van der Waals surface area contributed by atoms with Gasteiger partial charge >= 0.3 is 5.97 Å². The lowest BCUT2D eigenvalue weighted by Crippen LogP contribution is -2.58. The van der Waals surface area contributed by atoms with Crippen LogP contribution in [0.2, 0.25) is 5.02 Å². The van der Waals surface area contributed by atoms with Crippen LogP contribution in [0.15, 0.2) is 46.5 Å². The van der Waals surface area contributed by atoms with E-state index < -0.39 is 18.1 Å². The molecule has 0 spiro atoms. The Morgan fingerprint density at radius 1 is 1.27 bits per heavy atom. The van der Waals surface area contributed by atoms with E-state index in [9.17, 15) is 14.7 Å². The summed E-state index contributed by atoms with van der Waals surface area (Å²) in [6.07, 6.45) is 2.85. The molecule has 8 nitrogen and oxygen atoms in total. The van der Waals surface area contributed by atoms with Crippen molar-refractivity contribution >= 4 is 23.5 Å². The van der Waals surface area contributed by atoms with Crippen molar-refractivity contribution < 1.29 is 24.0 Å². The maximum Gasteiger partial charge on any atom is 0.331 e. The van der Waals surface area contributed by atoms with E-state index in [0.717, 1.165) is 18.4 Å². The van der Waals surface area contributed by atoms with Crippen LogP contribution in [0.4, 0.5) is 0 Å². The second kappa shape index (κ2) is 11.4. The van der Waals surface area contributed by atoms with Gasteiger partial charge in [0.1, 0.15) is 0 Å². The average molecular weight is 476 g/mol. The fourth-order valence-electron chi connectivity index (χ4n) is 3.95. The van der Waals surface area contributed by atoms with Gasteiger partial charge in [-0.2, -0.15) is 0 Å². The minimum atomic E-state index is -0.993. The summed E-state index contributed by atoms with van der Waals surface area (Å²) in [7, 11) is 0. The zero-order valence-electron chi connectivity index (χ0n) is 19.0. The lowest BCUT2D eigenvalue weighted by atomic mass is 9.87. The standard InChI is InChI=1S/C24H30ClN3O5/c1-4-19(5-2)32-22-11-16(24(30)31)10-20(23(22)27-14(3)29)26-13-18-12-21(33-28-18)15-6-8-17(25)9-7-15/h6-9,11-12,19-20,22-23,26H,4-5,10,13H2,1-3H3,(H,27,29)(H,30,31)/t20-,22+,23+/m0/s1. The van der Waals surface area contributed by atoms with Crippen molar-refractivity contribution in [2.24, 2.45) is 0 Å². The lowest BCUT2D eigenvalue weighted by Gasteiger charge is -2.38. The summed E-state index contributed by atoms with van der Waals surface area (Å²) in [6.45, 7) is 5.82. The van der Waals surface area contributed by atoms with Gasteiger partial charge in [0.2, 0.25) is 5.91 Å². The highest BCUT2D eigenvalue weighted by Gasteiger charge is 2.37. The number of rotatable bonds is 10. The van der Waals surface area contributed by atoms with Crippen LogP contribution >= 0.6 is 11.6 Å². The summed E-state index contributed by atoms with van der Waals surface area (Å²) in [5, 5.41) is 20.7. The summed E-state index contributed by atoms with van der Waals surface area (Å²) in [6, 6.07) is 8.27. The molecule has 1 aromatic carbocycles. The molecular weight excluding hydrogens is 446 g/mol. The zero-order chi connectivity index (χ0) is 24.0. The van der Waals surface area contributed by atoms with Crippen LogP contribution < -0.4 is 10.6 Å². The maximum absolute atomic E-state index is 11.9. The molecule has 0 saturated carbocycles. The van der Waals surface area contributed by atoms with Crippen molar-refractivity contribution in [2.75, 3.05) is 0 Å². The first-order valence-corrected chi connectivity index (χ1v) is 11.5. The van der Waals surface area contributed by atoms with Crippen molar-refractivity contribution in [1.29, 1.82) is 0 Å². The van der Waals surface area contributed by atoms with Crippen molar-refractivity contribution in [2.45, 2.75) is 70.9 Å². The first-order valence-electron chi connectivity index (χ1n) is 11.1. The molecule has 9 heteroatoms. The third-order valence-corrected chi connectivity index (χ3v) is 5.98. The number of amides is 1. The second-order valence-electron chi connectivity index (χ2n) is 8.14.